The van der Waals surface area contributed by atoms with Crippen LogP contribution in [0.2, 0.25) is 0 Å². The highest BCUT2D eigenvalue weighted by Crippen LogP contribution is 2.32. The molecule has 4 rings (SSSR count). The molecule has 2 aromatic carbocycles. The lowest BCUT2D eigenvalue weighted by Crippen LogP contribution is -2.20. The summed E-state index contributed by atoms with van der Waals surface area (Å²) in [7, 11) is 0. The first kappa shape index (κ1) is 17.7. The second-order valence-electron chi connectivity index (χ2n) is 6.58. The molecule has 0 aliphatic carbocycles. The molecule has 5 nitrogen and oxygen atoms in total. The Morgan fingerprint density at radius 2 is 2.07 bits per heavy atom. The van der Waals surface area contributed by atoms with Gasteiger partial charge in [0, 0.05) is 24.1 Å². The topological polar surface area (TPSA) is 56.1 Å². The minimum absolute atomic E-state index is 0.0353. The first-order valence-electron chi connectivity index (χ1n) is 8.89. The Balaban J connectivity index is 1.46. The summed E-state index contributed by atoms with van der Waals surface area (Å²) in [5, 5.41) is 3.98. The van der Waals surface area contributed by atoms with Gasteiger partial charge in [-0.25, -0.2) is 4.98 Å². The third-order valence-corrected chi connectivity index (χ3v) is 5.60. The second kappa shape index (κ2) is 7.48. The van der Waals surface area contributed by atoms with Crippen LogP contribution < -0.4 is 10.1 Å². The molecule has 1 amide bonds. The number of para-hydroxylation sites is 1. The summed E-state index contributed by atoms with van der Waals surface area (Å²) >= 11 is 1.76. The summed E-state index contributed by atoms with van der Waals surface area (Å²) in [5.41, 5.74) is 4.88. The molecule has 0 atom stereocenters. The molecule has 1 aliphatic rings. The van der Waals surface area contributed by atoms with Crippen molar-refractivity contribution in [2.45, 2.75) is 25.5 Å². The van der Waals surface area contributed by atoms with Gasteiger partial charge in [0.15, 0.2) is 11.8 Å². The van der Waals surface area contributed by atoms with E-state index in [0.717, 1.165) is 40.0 Å². The number of amides is 1. The molecule has 138 valence electrons. The van der Waals surface area contributed by atoms with Crippen molar-refractivity contribution in [1.82, 2.24) is 9.55 Å². The highest BCUT2D eigenvalue weighted by molar-refractivity contribution is 7.99. The van der Waals surface area contributed by atoms with Crippen molar-refractivity contribution < 1.29 is 9.53 Å². The molecule has 0 radical (unpaired) electrons. The molecular weight excluding hydrogens is 358 g/mol. The first-order chi connectivity index (χ1) is 13.1. The number of hydrogen-bond donors (Lipinski definition) is 1. The Hall–Kier alpha value is -2.73. The van der Waals surface area contributed by atoms with Crippen LogP contribution in [0.15, 0.2) is 53.8 Å². The third kappa shape index (κ3) is 3.85. The number of carbonyl (C=O) groups is 1. The zero-order chi connectivity index (χ0) is 18.8. The monoisotopic (exact) mass is 379 g/mol. The van der Waals surface area contributed by atoms with Crippen LogP contribution in [-0.4, -0.2) is 27.8 Å². The van der Waals surface area contributed by atoms with Crippen LogP contribution in [-0.2, 0) is 11.3 Å². The number of aromatic nitrogens is 2. The Bertz CT molecular complexity index is 975. The Kier molecular flexibility index (Phi) is 4.90. The number of benzene rings is 2. The lowest BCUT2D eigenvalue weighted by atomic mass is 10.1. The third-order valence-electron chi connectivity index (χ3n) is 4.63. The molecule has 27 heavy (non-hydrogen) atoms. The highest BCUT2D eigenvalue weighted by atomic mass is 32.2. The van der Waals surface area contributed by atoms with Crippen LogP contribution in [0.25, 0.3) is 11.3 Å². The zero-order valence-corrected chi connectivity index (χ0v) is 16.2. The number of nitrogens with one attached hydrogen (secondary N) is 1. The van der Waals surface area contributed by atoms with E-state index in [0.29, 0.717) is 5.75 Å². The maximum atomic E-state index is 12.4. The van der Waals surface area contributed by atoms with Gasteiger partial charge in [0.25, 0.3) is 5.91 Å². The fourth-order valence-electron chi connectivity index (χ4n) is 2.99. The van der Waals surface area contributed by atoms with Gasteiger partial charge in [-0.05, 0) is 43.2 Å². The Morgan fingerprint density at radius 1 is 1.22 bits per heavy atom. The quantitative estimate of drug-likeness (QED) is 0.718. The molecule has 0 saturated heterocycles. The number of imidazole rings is 1. The van der Waals surface area contributed by atoms with Crippen LogP contribution in [0.4, 0.5) is 5.69 Å². The van der Waals surface area contributed by atoms with Crippen LogP contribution >= 0.6 is 11.8 Å². The number of thioether (sulfide) groups is 1. The largest absolute Gasteiger partial charge is 0.484 e. The number of rotatable bonds is 5. The van der Waals surface area contributed by atoms with E-state index in [1.807, 2.05) is 62.5 Å². The van der Waals surface area contributed by atoms with Crippen LogP contribution in [0.1, 0.15) is 11.1 Å². The predicted molar refractivity (Wildman–Crippen MR) is 108 cm³/mol. The molecule has 6 heteroatoms. The fraction of sp³-hybridized carbons (Fsp3) is 0.238. The van der Waals surface area contributed by atoms with Gasteiger partial charge in [0.05, 0.1) is 11.4 Å². The van der Waals surface area contributed by atoms with E-state index < -0.39 is 0 Å². The smallest absolute Gasteiger partial charge is 0.262 e. The van der Waals surface area contributed by atoms with E-state index in [1.165, 1.54) is 5.56 Å². The van der Waals surface area contributed by atoms with Crippen LogP contribution in [0.3, 0.4) is 0 Å². The fourth-order valence-corrected chi connectivity index (χ4v) is 3.94. The molecule has 2 heterocycles. The normalized spacial score (nSPS) is 12.7. The van der Waals surface area contributed by atoms with Crippen molar-refractivity contribution in [3.05, 3.63) is 59.8 Å². The lowest BCUT2D eigenvalue weighted by molar-refractivity contribution is -0.118. The number of aryl methyl sites for hydroxylation is 3. The summed E-state index contributed by atoms with van der Waals surface area (Å²) in [5.74, 6) is 1.57. The van der Waals surface area contributed by atoms with Gasteiger partial charge in [-0.15, -0.1) is 0 Å². The van der Waals surface area contributed by atoms with Crippen LogP contribution in [0.5, 0.6) is 5.75 Å². The average molecular weight is 379 g/mol. The van der Waals surface area contributed by atoms with Crippen molar-refractivity contribution in [2.75, 3.05) is 17.7 Å². The number of nitrogens with zero attached hydrogens (tertiary/aromatic N) is 2. The van der Waals surface area contributed by atoms with Gasteiger partial charge in [-0.3, -0.25) is 4.79 Å². The molecular formula is C21H21N3O2S. The SMILES string of the molecule is Cc1ccc(OCC(=O)Nc2ccccc2-c2cn3c(n2)SCC3)cc1C. The minimum atomic E-state index is -0.193. The number of anilines is 1. The molecule has 0 unspecified atom stereocenters. The molecule has 0 bridgehead atoms. The summed E-state index contributed by atoms with van der Waals surface area (Å²) < 4.78 is 7.79. The molecule has 1 N–H and O–H groups in total. The van der Waals surface area contributed by atoms with Gasteiger partial charge >= 0.3 is 0 Å². The van der Waals surface area contributed by atoms with Crippen molar-refractivity contribution in [2.24, 2.45) is 0 Å². The van der Waals surface area contributed by atoms with E-state index >= 15 is 0 Å². The number of fused-ring (bicyclic) bond motifs is 1. The van der Waals surface area contributed by atoms with E-state index in [2.05, 4.69) is 14.9 Å². The maximum Gasteiger partial charge on any atom is 0.262 e. The van der Waals surface area contributed by atoms with Gasteiger partial charge < -0.3 is 14.6 Å². The number of hydrogen-bond acceptors (Lipinski definition) is 4. The Morgan fingerprint density at radius 3 is 2.89 bits per heavy atom. The summed E-state index contributed by atoms with van der Waals surface area (Å²) in [6.07, 6.45) is 2.05. The van der Waals surface area contributed by atoms with Crippen molar-refractivity contribution in [1.29, 1.82) is 0 Å². The molecule has 0 spiro atoms. The van der Waals surface area contributed by atoms with Crippen molar-refractivity contribution in [3.8, 4) is 17.0 Å². The maximum absolute atomic E-state index is 12.4. The highest BCUT2D eigenvalue weighted by Gasteiger charge is 2.17. The summed E-state index contributed by atoms with van der Waals surface area (Å²) in [6.45, 7) is 5.02. The standard InChI is InChI=1S/C21H21N3O2S/c1-14-7-8-16(11-15(14)2)26-13-20(25)22-18-6-4-3-5-17(18)19-12-24-9-10-27-21(24)23-19/h3-8,11-12H,9-10,13H2,1-2H3,(H,22,25). The number of carbonyl (C=O) groups excluding carboxylic acids is 1. The number of ether oxygens (including phenoxy) is 1. The average Bonchev–Trinajstić information content (AvgIpc) is 3.25. The van der Waals surface area contributed by atoms with E-state index in [1.54, 1.807) is 11.8 Å². The van der Waals surface area contributed by atoms with E-state index in [-0.39, 0.29) is 12.5 Å². The van der Waals surface area contributed by atoms with Crippen LogP contribution in [0, 0.1) is 13.8 Å². The van der Waals surface area contributed by atoms with Crippen molar-refractivity contribution in [3.63, 3.8) is 0 Å². The molecule has 0 saturated carbocycles. The zero-order valence-electron chi connectivity index (χ0n) is 15.4. The van der Waals surface area contributed by atoms with E-state index in [4.69, 9.17) is 4.74 Å². The summed E-state index contributed by atoms with van der Waals surface area (Å²) in [4.78, 5) is 17.1. The first-order valence-corrected chi connectivity index (χ1v) is 9.88. The Labute approximate surface area is 162 Å². The van der Waals surface area contributed by atoms with Gasteiger partial charge in [-0.2, -0.15) is 0 Å². The minimum Gasteiger partial charge on any atom is -0.484 e. The van der Waals surface area contributed by atoms with Gasteiger partial charge in [0.1, 0.15) is 5.75 Å². The van der Waals surface area contributed by atoms with Gasteiger partial charge in [-0.1, -0.05) is 36.0 Å². The predicted octanol–water partition coefficient (Wildman–Crippen LogP) is 4.29. The van der Waals surface area contributed by atoms with E-state index in [9.17, 15) is 4.79 Å². The van der Waals surface area contributed by atoms with Gasteiger partial charge in [0.2, 0.25) is 0 Å². The molecule has 0 fully saturated rings. The lowest BCUT2D eigenvalue weighted by Gasteiger charge is -2.11. The van der Waals surface area contributed by atoms with Crippen molar-refractivity contribution >= 4 is 23.4 Å². The summed E-state index contributed by atoms with van der Waals surface area (Å²) in [6, 6.07) is 13.5. The second-order valence-corrected chi connectivity index (χ2v) is 7.64. The molecule has 3 aromatic rings. The molecule has 1 aliphatic heterocycles. The molecule has 1 aromatic heterocycles.